The summed E-state index contributed by atoms with van der Waals surface area (Å²) in [7, 11) is 3.78. The van der Waals surface area contributed by atoms with E-state index >= 15 is 0 Å². The molecule has 3 heterocycles. The highest BCUT2D eigenvalue weighted by atomic mass is 35.5. The summed E-state index contributed by atoms with van der Waals surface area (Å²) in [5.74, 6) is 0.615. The van der Waals surface area contributed by atoms with Crippen LogP contribution in [0.5, 0.6) is 0 Å². The van der Waals surface area contributed by atoms with Gasteiger partial charge in [-0.1, -0.05) is 0 Å². The summed E-state index contributed by atoms with van der Waals surface area (Å²) in [5, 5.41) is 7.77. The van der Waals surface area contributed by atoms with Crippen LogP contribution < -0.4 is 10.6 Å². The van der Waals surface area contributed by atoms with Crippen molar-refractivity contribution in [3.63, 3.8) is 0 Å². The lowest BCUT2D eigenvalue weighted by Crippen LogP contribution is -2.42. The number of aryl methyl sites for hydroxylation is 2. The van der Waals surface area contributed by atoms with Gasteiger partial charge in [-0.3, -0.25) is 4.79 Å². The van der Waals surface area contributed by atoms with Crippen molar-refractivity contribution in [3.05, 3.63) is 35.8 Å². The Morgan fingerprint density at radius 3 is 2.85 bits per heavy atom. The first-order valence-corrected chi connectivity index (χ1v) is 9.41. The molecule has 1 amide bonds. The number of carbonyl (C=O) groups excluding carboxylic acids is 1. The van der Waals surface area contributed by atoms with Crippen LogP contribution in [0.15, 0.2) is 24.8 Å². The van der Waals surface area contributed by atoms with Crippen molar-refractivity contribution in [1.29, 1.82) is 0 Å². The number of amides is 1. The third-order valence-electron chi connectivity index (χ3n) is 4.98. The van der Waals surface area contributed by atoms with Crippen LogP contribution in [0, 0.1) is 0 Å². The van der Waals surface area contributed by atoms with Crippen LogP contribution in [-0.4, -0.2) is 42.1 Å². The normalized spacial score (nSPS) is 20.0. The number of hydrogen-bond donors (Lipinski definition) is 2. The number of hydrogen-bond acceptors (Lipinski definition) is 5. The summed E-state index contributed by atoms with van der Waals surface area (Å²) in [5.41, 5.74) is 1.24. The first-order chi connectivity index (χ1) is 13.0. The van der Waals surface area contributed by atoms with Crippen LogP contribution in [0.25, 0.3) is 11.0 Å². The SMILES string of the molecule is Cn1cnc(C(=O)N[C@H]2CCC[C@@H](Nc3nc(Cl)nc4c3ccn4C)C2)c1. The molecule has 1 aliphatic carbocycles. The van der Waals surface area contributed by atoms with Gasteiger partial charge in [0.15, 0.2) is 0 Å². The molecular weight excluding hydrogens is 366 g/mol. The van der Waals surface area contributed by atoms with Gasteiger partial charge in [0.2, 0.25) is 5.28 Å². The van der Waals surface area contributed by atoms with E-state index in [2.05, 4.69) is 25.6 Å². The second-order valence-electron chi connectivity index (χ2n) is 7.11. The first kappa shape index (κ1) is 17.8. The lowest BCUT2D eigenvalue weighted by molar-refractivity contribution is 0.0921. The largest absolute Gasteiger partial charge is 0.367 e. The van der Waals surface area contributed by atoms with Crippen molar-refractivity contribution in [2.45, 2.75) is 37.8 Å². The highest BCUT2D eigenvalue weighted by Gasteiger charge is 2.25. The summed E-state index contributed by atoms with van der Waals surface area (Å²) < 4.78 is 3.69. The fraction of sp³-hybridized carbons (Fsp3) is 0.444. The summed E-state index contributed by atoms with van der Waals surface area (Å²) in [6.07, 6.45) is 9.13. The molecule has 0 spiro atoms. The van der Waals surface area contributed by atoms with E-state index in [9.17, 15) is 4.79 Å². The van der Waals surface area contributed by atoms with E-state index in [0.29, 0.717) is 5.69 Å². The van der Waals surface area contributed by atoms with Crippen LogP contribution in [-0.2, 0) is 14.1 Å². The maximum absolute atomic E-state index is 12.4. The number of fused-ring (bicyclic) bond motifs is 1. The predicted molar refractivity (Wildman–Crippen MR) is 104 cm³/mol. The van der Waals surface area contributed by atoms with Gasteiger partial charge in [0.1, 0.15) is 17.2 Å². The standard InChI is InChI=1S/C18H22ClN7O/c1-25-9-14(20-10-25)17(27)22-12-5-3-4-11(8-12)21-15-13-6-7-26(2)16(13)24-18(19)23-15/h6-7,9-12H,3-5,8H2,1-2H3,(H,22,27)(H,21,23,24)/t11-,12+/m1/s1. The maximum Gasteiger partial charge on any atom is 0.271 e. The zero-order valence-electron chi connectivity index (χ0n) is 15.3. The zero-order valence-corrected chi connectivity index (χ0v) is 16.1. The first-order valence-electron chi connectivity index (χ1n) is 9.03. The average molecular weight is 388 g/mol. The van der Waals surface area contributed by atoms with E-state index in [1.807, 2.05) is 30.9 Å². The third kappa shape index (κ3) is 3.75. The number of carbonyl (C=O) groups is 1. The molecule has 9 heteroatoms. The Kier molecular flexibility index (Phi) is 4.73. The molecule has 1 fully saturated rings. The molecule has 8 nitrogen and oxygen atoms in total. The molecule has 0 bridgehead atoms. The minimum absolute atomic E-state index is 0.106. The number of imidazole rings is 1. The molecule has 4 rings (SSSR count). The van der Waals surface area contributed by atoms with Crippen LogP contribution >= 0.6 is 11.6 Å². The molecular formula is C18H22ClN7O. The number of halogens is 1. The van der Waals surface area contributed by atoms with Gasteiger partial charge >= 0.3 is 0 Å². The van der Waals surface area contributed by atoms with Crippen LogP contribution in [0.2, 0.25) is 5.28 Å². The monoisotopic (exact) mass is 387 g/mol. The second-order valence-corrected chi connectivity index (χ2v) is 7.45. The maximum atomic E-state index is 12.4. The van der Waals surface area contributed by atoms with E-state index < -0.39 is 0 Å². The molecule has 1 saturated carbocycles. The number of aromatic nitrogens is 5. The van der Waals surface area contributed by atoms with Gasteiger partial charge in [0.25, 0.3) is 5.91 Å². The Bertz CT molecular complexity index is 979. The fourth-order valence-corrected chi connectivity index (χ4v) is 3.82. The minimum Gasteiger partial charge on any atom is -0.367 e. The number of nitrogens with zero attached hydrogens (tertiary/aromatic N) is 5. The Morgan fingerprint density at radius 2 is 2.07 bits per heavy atom. The van der Waals surface area contributed by atoms with E-state index in [1.54, 1.807) is 17.1 Å². The number of anilines is 1. The minimum atomic E-state index is -0.128. The van der Waals surface area contributed by atoms with Gasteiger partial charge in [-0.05, 0) is 43.4 Å². The Morgan fingerprint density at radius 1 is 1.26 bits per heavy atom. The van der Waals surface area contributed by atoms with Gasteiger partial charge in [0, 0.05) is 38.6 Å². The van der Waals surface area contributed by atoms with E-state index in [-0.39, 0.29) is 23.3 Å². The molecule has 2 atom stereocenters. The molecule has 3 aromatic heterocycles. The van der Waals surface area contributed by atoms with Crippen molar-refractivity contribution < 1.29 is 4.79 Å². The molecule has 27 heavy (non-hydrogen) atoms. The molecule has 0 aliphatic heterocycles. The fourth-order valence-electron chi connectivity index (χ4n) is 3.66. The van der Waals surface area contributed by atoms with Crippen molar-refractivity contribution in [2.75, 3.05) is 5.32 Å². The summed E-state index contributed by atoms with van der Waals surface area (Å²) in [4.78, 5) is 25.1. The summed E-state index contributed by atoms with van der Waals surface area (Å²) in [6.45, 7) is 0. The van der Waals surface area contributed by atoms with E-state index in [1.165, 1.54) is 0 Å². The third-order valence-corrected chi connectivity index (χ3v) is 5.15. The average Bonchev–Trinajstić information content (AvgIpc) is 3.22. The quantitative estimate of drug-likeness (QED) is 0.671. The highest BCUT2D eigenvalue weighted by molar-refractivity contribution is 6.28. The second kappa shape index (κ2) is 7.19. The van der Waals surface area contributed by atoms with E-state index in [0.717, 1.165) is 42.5 Å². The molecule has 0 unspecified atom stereocenters. The van der Waals surface area contributed by atoms with Gasteiger partial charge in [0.05, 0.1) is 11.7 Å². The molecule has 0 saturated heterocycles. The lowest BCUT2D eigenvalue weighted by Gasteiger charge is -2.30. The molecule has 2 N–H and O–H groups in total. The van der Waals surface area contributed by atoms with Gasteiger partial charge in [-0.25, -0.2) is 9.97 Å². The van der Waals surface area contributed by atoms with Gasteiger partial charge in [-0.2, -0.15) is 4.98 Å². The predicted octanol–water partition coefficient (Wildman–Crippen LogP) is 2.51. The lowest BCUT2D eigenvalue weighted by atomic mass is 9.91. The Hall–Kier alpha value is -2.61. The smallest absolute Gasteiger partial charge is 0.271 e. The molecule has 0 radical (unpaired) electrons. The van der Waals surface area contributed by atoms with Crippen LogP contribution in [0.3, 0.4) is 0 Å². The Balaban J connectivity index is 1.45. The number of nitrogens with one attached hydrogen (secondary N) is 2. The molecule has 1 aliphatic rings. The Labute approximate surface area is 162 Å². The highest BCUT2D eigenvalue weighted by Crippen LogP contribution is 2.27. The van der Waals surface area contributed by atoms with Crippen molar-refractivity contribution >= 4 is 34.4 Å². The molecule has 3 aromatic rings. The van der Waals surface area contributed by atoms with Crippen molar-refractivity contribution in [2.24, 2.45) is 14.1 Å². The van der Waals surface area contributed by atoms with Crippen LogP contribution in [0.1, 0.15) is 36.2 Å². The summed E-state index contributed by atoms with van der Waals surface area (Å²) >= 11 is 6.10. The number of rotatable bonds is 4. The van der Waals surface area contributed by atoms with Crippen molar-refractivity contribution in [1.82, 2.24) is 29.4 Å². The van der Waals surface area contributed by atoms with Gasteiger partial charge in [-0.15, -0.1) is 0 Å². The zero-order chi connectivity index (χ0) is 19.0. The van der Waals surface area contributed by atoms with Gasteiger partial charge < -0.3 is 19.8 Å². The molecule has 0 aromatic carbocycles. The van der Waals surface area contributed by atoms with E-state index in [4.69, 9.17) is 11.6 Å². The summed E-state index contributed by atoms with van der Waals surface area (Å²) in [6, 6.07) is 2.30. The van der Waals surface area contributed by atoms with Crippen molar-refractivity contribution in [3.8, 4) is 0 Å². The topological polar surface area (TPSA) is 89.7 Å². The molecule has 142 valence electrons. The van der Waals surface area contributed by atoms with Crippen LogP contribution in [0.4, 0.5) is 5.82 Å².